The largest absolute Gasteiger partial charge is 0.356 e. The smallest absolute Gasteiger partial charge is 0.193 e. The number of aromatic nitrogens is 2. The Labute approximate surface area is 189 Å². The molecule has 2 aromatic carbocycles. The van der Waals surface area contributed by atoms with E-state index in [1.54, 1.807) is 0 Å². The van der Waals surface area contributed by atoms with Gasteiger partial charge < -0.3 is 15.2 Å². The Morgan fingerprint density at radius 2 is 1.76 bits per heavy atom. The summed E-state index contributed by atoms with van der Waals surface area (Å²) >= 11 is 0. The van der Waals surface area contributed by atoms with E-state index < -0.39 is 0 Å². The first kappa shape index (κ1) is 21.6. The minimum atomic E-state index is 0. The van der Waals surface area contributed by atoms with Crippen LogP contribution in [0.5, 0.6) is 0 Å². The Morgan fingerprint density at radius 3 is 2.48 bits per heavy atom. The Kier molecular flexibility index (Phi) is 7.88. The zero-order valence-electron chi connectivity index (χ0n) is 16.8. The maximum Gasteiger partial charge on any atom is 0.193 e. The van der Waals surface area contributed by atoms with Crippen molar-refractivity contribution >= 4 is 41.0 Å². The van der Waals surface area contributed by atoms with Crippen molar-refractivity contribution < 1.29 is 0 Å². The molecule has 0 spiro atoms. The lowest BCUT2D eigenvalue weighted by Crippen LogP contribution is -2.52. The summed E-state index contributed by atoms with van der Waals surface area (Å²) in [7, 11) is 1.86. The zero-order chi connectivity index (χ0) is 19.2. The van der Waals surface area contributed by atoms with Gasteiger partial charge in [0.2, 0.25) is 0 Å². The van der Waals surface area contributed by atoms with E-state index in [-0.39, 0.29) is 24.0 Å². The molecule has 0 amide bonds. The molecule has 2 heterocycles. The molecule has 1 saturated heterocycles. The molecule has 0 radical (unpaired) electrons. The van der Waals surface area contributed by atoms with E-state index >= 15 is 0 Å². The third-order valence-corrected chi connectivity index (χ3v) is 5.22. The number of piperazine rings is 1. The molecule has 0 aliphatic carbocycles. The van der Waals surface area contributed by atoms with Crippen molar-refractivity contribution in [2.75, 3.05) is 39.8 Å². The normalized spacial score (nSPS) is 15.3. The molecule has 1 aromatic heterocycles. The van der Waals surface area contributed by atoms with Crippen molar-refractivity contribution in [3.05, 3.63) is 66.0 Å². The number of aromatic amines is 1. The molecular formula is C22H29IN6. The monoisotopic (exact) mass is 504 g/mol. The number of hydrogen-bond donors (Lipinski definition) is 2. The van der Waals surface area contributed by atoms with Crippen molar-refractivity contribution in [1.29, 1.82) is 0 Å². The maximum atomic E-state index is 4.64. The van der Waals surface area contributed by atoms with Crippen LogP contribution in [-0.4, -0.2) is 65.5 Å². The second-order valence-corrected chi connectivity index (χ2v) is 7.17. The number of aliphatic imine (C=N–C) groups is 1. The highest BCUT2D eigenvalue weighted by Crippen LogP contribution is 2.11. The molecule has 29 heavy (non-hydrogen) atoms. The number of hydrogen-bond acceptors (Lipinski definition) is 3. The standard InChI is InChI=1S/C22H28N6.HI/c1-23-22(24-12-11-21-25-19-9-5-6-10-20(19)26-21)28-15-13-27(14-16-28)17-18-7-3-2-4-8-18;/h2-10H,11-17H2,1H3,(H,23,24)(H,25,26);1H. The molecule has 7 heteroatoms. The number of H-pyrrole nitrogens is 1. The van der Waals surface area contributed by atoms with Crippen LogP contribution in [0.2, 0.25) is 0 Å². The molecule has 0 saturated carbocycles. The summed E-state index contributed by atoms with van der Waals surface area (Å²) in [4.78, 5) is 17.4. The van der Waals surface area contributed by atoms with Crippen LogP contribution in [-0.2, 0) is 13.0 Å². The average molecular weight is 504 g/mol. The number of para-hydroxylation sites is 2. The Bertz CT molecular complexity index is 882. The van der Waals surface area contributed by atoms with Gasteiger partial charge in [0.05, 0.1) is 11.0 Å². The predicted molar refractivity (Wildman–Crippen MR) is 130 cm³/mol. The molecule has 1 aliphatic rings. The fraction of sp³-hybridized carbons (Fsp3) is 0.364. The van der Waals surface area contributed by atoms with Crippen LogP contribution in [0.15, 0.2) is 59.6 Å². The van der Waals surface area contributed by atoms with Gasteiger partial charge in [0.15, 0.2) is 5.96 Å². The highest BCUT2D eigenvalue weighted by atomic mass is 127. The van der Waals surface area contributed by atoms with Gasteiger partial charge in [-0.15, -0.1) is 24.0 Å². The zero-order valence-corrected chi connectivity index (χ0v) is 19.2. The van der Waals surface area contributed by atoms with Crippen LogP contribution < -0.4 is 5.32 Å². The topological polar surface area (TPSA) is 59.6 Å². The third-order valence-electron chi connectivity index (χ3n) is 5.22. The quantitative estimate of drug-likeness (QED) is 0.319. The number of benzene rings is 2. The second kappa shape index (κ2) is 10.6. The SMILES string of the molecule is CN=C(NCCc1nc2ccccc2[nH]1)N1CCN(Cc2ccccc2)CC1.I. The molecule has 154 valence electrons. The molecule has 3 aromatic rings. The van der Waals surface area contributed by atoms with Gasteiger partial charge in [-0.05, 0) is 17.7 Å². The Hall–Kier alpha value is -2.13. The molecule has 0 unspecified atom stereocenters. The Balaban J connectivity index is 0.00000240. The lowest BCUT2D eigenvalue weighted by molar-refractivity contribution is 0.172. The number of rotatable bonds is 5. The van der Waals surface area contributed by atoms with E-state index in [9.17, 15) is 0 Å². The van der Waals surface area contributed by atoms with Crippen molar-refractivity contribution in [2.45, 2.75) is 13.0 Å². The predicted octanol–water partition coefficient (Wildman–Crippen LogP) is 3.12. The van der Waals surface area contributed by atoms with Gasteiger partial charge in [-0.2, -0.15) is 0 Å². The van der Waals surface area contributed by atoms with Gasteiger partial charge in [0.1, 0.15) is 5.82 Å². The number of fused-ring (bicyclic) bond motifs is 1. The van der Waals surface area contributed by atoms with Crippen LogP contribution in [0.4, 0.5) is 0 Å². The van der Waals surface area contributed by atoms with Crippen molar-refractivity contribution in [3.63, 3.8) is 0 Å². The van der Waals surface area contributed by atoms with Crippen LogP contribution in [0.25, 0.3) is 11.0 Å². The van der Waals surface area contributed by atoms with Gasteiger partial charge in [0.25, 0.3) is 0 Å². The first-order valence-electron chi connectivity index (χ1n) is 9.97. The highest BCUT2D eigenvalue weighted by Gasteiger charge is 2.19. The summed E-state index contributed by atoms with van der Waals surface area (Å²) in [6.07, 6.45) is 0.849. The van der Waals surface area contributed by atoms with E-state index in [0.29, 0.717) is 0 Å². The van der Waals surface area contributed by atoms with Gasteiger partial charge in [-0.25, -0.2) is 4.98 Å². The molecule has 2 N–H and O–H groups in total. The molecule has 0 bridgehead atoms. The first-order chi connectivity index (χ1) is 13.8. The summed E-state index contributed by atoms with van der Waals surface area (Å²) in [5.41, 5.74) is 3.50. The first-order valence-corrected chi connectivity index (χ1v) is 9.97. The number of guanidine groups is 1. The van der Waals surface area contributed by atoms with Crippen LogP contribution in [0.3, 0.4) is 0 Å². The number of halogens is 1. The summed E-state index contributed by atoms with van der Waals surface area (Å²) < 4.78 is 0. The minimum Gasteiger partial charge on any atom is -0.356 e. The summed E-state index contributed by atoms with van der Waals surface area (Å²) in [5.74, 6) is 1.99. The fourth-order valence-corrected chi connectivity index (χ4v) is 3.71. The summed E-state index contributed by atoms with van der Waals surface area (Å²) in [6, 6.07) is 18.8. The second-order valence-electron chi connectivity index (χ2n) is 7.17. The van der Waals surface area contributed by atoms with Crippen molar-refractivity contribution in [1.82, 2.24) is 25.1 Å². The lowest BCUT2D eigenvalue weighted by Gasteiger charge is -2.36. The van der Waals surface area contributed by atoms with Gasteiger partial charge in [-0.3, -0.25) is 9.89 Å². The number of nitrogens with zero attached hydrogens (tertiary/aromatic N) is 4. The van der Waals surface area contributed by atoms with Crippen LogP contribution in [0, 0.1) is 0 Å². The summed E-state index contributed by atoms with van der Waals surface area (Å²) in [5, 5.41) is 3.49. The molecule has 4 rings (SSSR count). The molecule has 0 atom stereocenters. The average Bonchev–Trinajstić information content (AvgIpc) is 3.16. The number of imidazole rings is 1. The van der Waals surface area contributed by atoms with E-state index in [1.165, 1.54) is 5.56 Å². The Morgan fingerprint density at radius 1 is 1.03 bits per heavy atom. The third kappa shape index (κ3) is 5.70. The van der Waals surface area contributed by atoms with Crippen LogP contribution in [0.1, 0.15) is 11.4 Å². The fourth-order valence-electron chi connectivity index (χ4n) is 3.71. The van der Waals surface area contributed by atoms with E-state index in [4.69, 9.17) is 0 Å². The number of nitrogens with one attached hydrogen (secondary N) is 2. The van der Waals surface area contributed by atoms with Gasteiger partial charge in [-0.1, -0.05) is 42.5 Å². The molecule has 1 fully saturated rings. The highest BCUT2D eigenvalue weighted by molar-refractivity contribution is 14.0. The van der Waals surface area contributed by atoms with Crippen molar-refractivity contribution in [3.8, 4) is 0 Å². The minimum absolute atomic E-state index is 0. The lowest BCUT2D eigenvalue weighted by atomic mass is 10.2. The molecule has 1 aliphatic heterocycles. The van der Waals surface area contributed by atoms with Gasteiger partial charge in [0, 0.05) is 52.7 Å². The maximum absolute atomic E-state index is 4.64. The molecule has 6 nitrogen and oxygen atoms in total. The van der Waals surface area contributed by atoms with Crippen LogP contribution >= 0.6 is 24.0 Å². The van der Waals surface area contributed by atoms with E-state index in [2.05, 4.69) is 66.5 Å². The molecular weight excluding hydrogens is 475 g/mol. The van der Waals surface area contributed by atoms with E-state index in [0.717, 1.165) is 68.5 Å². The van der Waals surface area contributed by atoms with E-state index in [1.807, 2.05) is 25.2 Å². The summed E-state index contributed by atoms with van der Waals surface area (Å²) in [6.45, 7) is 5.94. The van der Waals surface area contributed by atoms with Crippen molar-refractivity contribution in [2.24, 2.45) is 4.99 Å². The van der Waals surface area contributed by atoms with Gasteiger partial charge >= 0.3 is 0 Å².